The zero-order valence-electron chi connectivity index (χ0n) is 8.99. The zero-order chi connectivity index (χ0) is 11.8. The van der Waals surface area contributed by atoms with Gasteiger partial charge in [-0.05, 0) is 37.5 Å². The summed E-state index contributed by atoms with van der Waals surface area (Å²) in [6, 6.07) is 6.67. The van der Waals surface area contributed by atoms with Crippen molar-refractivity contribution in [1.82, 2.24) is 0 Å². The van der Waals surface area contributed by atoms with E-state index < -0.39 is 0 Å². The Bertz CT molecular complexity index is 339. The van der Waals surface area contributed by atoms with E-state index in [1.807, 2.05) is 0 Å². The predicted molar refractivity (Wildman–Crippen MR) is 62.7 cm³/mol. The van der Waals surface area contributed by atoms with Gasteiger partial charge < -0.3 is 9.84 Å². The van der Waals surface area contributed by atoms with Crippen molar-refractivity contribution in [2.45, 2.75) is 19.3 Å². The van der Waals surface area contributed by atoms with E-state index in [1.165, 1.54) is 0 Å². The smallest absolute Gasteiger partial charge is 0.338 e. The minimum Gasteiger partial charge on any atom is -0.462 e. The number of ether oxygens (including phenoxy) is 1. The Hall–Kier alpha value is -1.06. The van der Waals surface area contributed by atoms with Crippen molar-refractivity contribution in [1.29, 1.82) is 0 Å². The van der Waals surface area contributed by atoms with Gasteiger partial charge in [0.2, 0.25) is 0 Å². The Morgan fingerprint density at radius 2 is 2.12 bits per heavy atom. The van der Waals surface area contributed by atoms with Crippen LogP contribution in [-0.4, -0.2) is 24.3 Å². The molecule has 1 N–H and O–H groups in total. The standard InChI is InChI=1S/C12H15ClO3/c13-11-6-4-5-10(9-11)12(15)16-8-3-1-2-7-14/h4-6,9,14H,1-3,7-8H2. The molecule has 0 bridgehead atoms. The first-order valence-corrected chi connectivity index (χ1v) is 5.65. The number of carbonyl (C=O) groups excluding carboxylic acids is 1. The molecule has 0 unspecified atom stereocenters. The molecule has 0 atom stereocenters. The molecule has 0 saturated heterocycles. The van der Waals surface area contributed by atoms with E-state index in [1.54, 1.807) is 24.3 Å². The average molecular weight is 243 g/mol. The summed E-state index contributed by atoms with van der Waals surface area (Å²) < 4.78 is 5.05. The second-order valence-electron chi connectivity index (χ2n) is 3.43. The van der Waals surface area contributed by atoms with Crippen LogP contribution in [0.1, 0.15) is 29.6 Å². The lowest BCUT2D eigenvalue weighted by atomic mass is 10.2. The number of aliphatic hydroxyl groups is 1. The number of rotatable bonds is 6. The van der Waals surface area contributed by atoms with E-state index >= 15 is 0 Å². The van der Waals surface area contributed by atoms with Crippen LogP contribution >= 0.6 is 11.6 Å². The summed E-state index contributed by atoms with van der Waals surface area (Å²) >= 11 is 5.76. The highest BCUT2D eigenvalue weighted by atomic mass is 35.5. The first kappa shape index (κ1) is 13.0. The van der Waals surface area contributed by atoms with Crippen LogP contribution in [0.4, 0.5) is 0 Å². The molecule has 0 aromatic heterocycles. The number of carbonyl (C=O) groups is 1. The summed E-state index contributed by atoms with van der Waals surface area (Å²) in [5.74, 6) is -0.355. The van der Waals surface area contributed by atoms with Crippen molar-refractivity contribution in [2.75, 3.05) is 13.2 Å². The summed E-state index contributed by atoms with van der Waals surface area (Å²) in [7, 11) is 0. The fourth-order valence-corrected chi connectivity index (χ4v) is 1.44. The summed E-state index contributed by atoms with van der Waals surface area (Å²) in [6.07, 6.45) is 2.38. The van der Waals surface area contributed by atoms with Crippen molar-refractivity contribution in [3.63, 3.8) is 0 Å². The normalized spacial score (nSPS) is 10.1. The van der Waals surface area contributed by atoms with Gasteiger partial charge in [0.05, 0.1) is 12.2 Å². The lowest BCUT2D eigenvalue weighted by Crippen LogP contribution is -2.06. The van der Waals surface area contributed by atoms with Crippen LogP contribution < -0.4 is 0 Å². The molecule has 1 aromatic rings. The minimum atomic E-state index is -0.355. The van der Waals surface area contributed by atoms with Crippen LogP contribution in [0.5, 0.6) is 0 Å². The molecule has 0 aliphatic rings. The lowest BCUT2D eigenvalue weighted by Gasteiger charge is -2.04. The first-order valence-electron chi connectivity index (χ1n) is 5.27. The van der Waals surface area contributed by atoms with Crippen molar-refractivity contribution < 1.29 is 14.6 Å². The third-order valence-electron chi connectivity index (χ3n) is 2.10. The molecular weight excluding hydrogens is 228 g/mol. The molecule has 0 radical (unpaired) electrons. The summed E-state index contributed by atoms with van der Waals surface area (Å²) in [5.41, 5.74) is 0.467. The Balaban J connectivity index is 2.30. The highest BCUT2D eigenvalue weighted by Crippen LogP contribution is 2.11. The molecule has 1 aromatic carbocycles. The highest BCUT2D eigenvalue weighted by molar-refractivity contribution is 6.30. The van der Waals surface area contributed by atoms with Gasteiger partial charge in [0.1, 0.15) is 0 Å². The molecule has 88 valence electrons. The van der Waals surface area contributed by atoms with Gasteiger partial charge in [-0.25, -0.2) is 4.79 Å². The van der Waals surface area contributed by atoms with Gasteiger partial charge in [-0.3, -0.25) is 0 Å². The van der Waals surface area contributed by atoms with E-state index in [-0.39, 0.29) is 12.6 Å². The molecule has 0 heterocycles. The van der Waals surface area contributed by atoms with Crippen molar-refractivity contribution in [3.8, 4) is 0 Å². The molecule has 0 spiro atoms. The van der Waals surface area contributed by atoms with Gasteiger partial charge in [-0.1, -0.05) is 17.7 Å². The summed E-state index contributed by atoms with van der Waals surface area (Å²) in [6.45, 7) is 0.563. The minimum absolute atomic E-state index is 0.183. The Morgan fingerprint density at radius 1 is 1.31 bits per heavy atom. The number of aliphatic hydroxyl groups excluding tert-OH is 1. The van der Waals surface area contributed by atoms with Crippen molar-refractivity contribution in [2.24, 2.45) is 0 Å². The molecule has 0 amide bonds. The second kappa shape index (κ2) is 7.25. The molecule has 4 heteroatoms. The topological polar surface area (TPSA) is 46.5 Å². The van der Waals surface area contributed by atoms with Crippen LogP contribution in [0.3, 0.4) is 0 Å². The molecule has 16 heavy (non-hydrogen) atoms. The maximum atomic E-state index is 11.5. The van der Waals surface area contributed by atoms with Gasteiger partial charge in [0, 0.05) is 11.6 Å². The predicted octanol–water partition coefficient (Wildman–Crippen LogP) is 2.66. The van der Waals surface area contributed by atoms with E-state index in [0.717, 1.165) is 19.3 Å². The third kappa shape index (κ3) is 4.64. The Morgan fingerprint density at radius 3 is 2.81 bits per heavy atom. The Labute approximate surface area is 100.0 Å². The molecule has 3 nitrogen and oxygen atoms in total. The number of hydrogen-bond donors (Lipinski definition) is 1. The number of halogens is 1. The maximum absolute atomic E-state index is 11.5. The highest BCUT2D eigenvalue weighted by Gasteiger charge is 2.06. The second-order valence-corrected chi connectivity index (χ2v) is 3.87. The van der Waals surface area contributed by atoms with Crippen molar-refractivity contribution in [3.05, 3.63) is 34.9 Å². The fourth-order valence-electron chi connectivity index (χ4n) is 1.25. The van der Waals surface area contributed by atoms with Crippen LogP contribution in [-0.2, 0) is 4.74 Å². The Kier molecular flexibility index (Phi) is 5.90. The lowest BCUT2D eigenvalue weighted by molar-refractivity contribution is 0.0497. The molecule has 1 rings (SSSR count). The van der Waals surface area contributed by atoms with Crippen LogP contribution in [0, 0.1) is 0 Å². The molecular formula is C12H15ClO3. The monoisotopic (exact) mass is 242 g/mol. The maximum Gasteiger partial charge on any atom is 0.338 e. The SMILES string of the molecule is O=C(OCCCCCO)c1cccc(Cl)c1. The van der Waals surface area contributed by atoms with Gasteiger partial charge in [0.25, 0.3) is 0 Å². The van der Waals surface area contributed by atoms with Crippen LogP contribution in [0.25, 0.3) is 0 Å². The van der Waals surface area contributed by atoms with E-state index in [9.17, 15) is 4.79 Å². The van der Waals surface area contributed by atoms with Crippen molar-refractivity contribution >= 4 is 17.6 Å². The molecule has 0 aliphatic heterocycles. The number of esters is 1. The van der Waals surface area contributed by atoms with E-state index in [0.29, 0.717) is 17.2 Å². The quantitative estimate of drug-likeness (QED) is 0.616. The molecule has 0 fully saturated rings. The van der Waals surface area contributed by atoms with Crippen LogP contribution in [0.15, 0.2) is 24.3 Å². The molecule has 0 saturated carbocycles. The van der Waals surface area contributed by atoms with E-state index in [2.05, 4.69) is 0 Å². The summed E-state index contributed by atoms with van der Waals surface area (Å²) in [4.78, 5) is 11.5. The van der Waals surface area contributed by atoms with Gasteiger partial charge in [-0.15, -0.1) is 0 Å². The van der Waals surface area contributed by atoms with Gasteiger partial charge >= 0.3 is 5.97 Å². The largest absolute Gasteiger partial charge is 0.462 e. The third-order valence-corrected chi connectivity index (χ3v) is 2.33. The van der Waals surface area contributed by atoms with Gasteiger partial charge in [-0.2, -0.15) is 0 Å². The zero-order valence-corrected chi connectivity index (χ0v) is 9.74. The molecule has 0 aliphatic carbocycles. The summed E-state index contributed by atoms with van der Waals surface area (Å²) in [5, 5.41) is 9.08. The van der Waals surface area contributed by atoms with Gasteiger partial charge in [0.15, 0.2) is 0 Å². The first-order chi connectivity index (χ1) is 7.74. The average Bonchev–Trinajstić information content (AvgIpc) is 2.28. The number of unbranched alkanes of at least 4 members (excludes halogenated alkanes) is 2. The number of hydrogen-bond acceptors (Lipinski definition) is 3. The fraction of sp³-hybridized carbons (Fsp3) is 0.417. The van der Waals surface area contributed by atoms with Crippen LogP contribution in [0.2, 0.25) is 5.02 Å². The number of benzene rings is 1. The van der Waals surface area contributed by atoms with E-state index in [4.69, 9.17) is 21.4 Å².